The average molecular weight is 290 g/mol. The summed E-state index contributed by atoms with van der Waals surface area (Å²) in [7, 11) is 1.60. The van der Waals surface area contributed by atoms with E-state index in [1.807, 2.05) is 38.1 Å². The first-order chi connectivity index (χ1) is 10.0. The molecule has 0 bridgehead atoms. The number of benzene rings is 1. The van der Waals surface area contributed by atoms with Crippen LogP contribution in [0.25, 0.3) is 0 Å². The highest BCUT2D eigenvalue weighted by Gasteiger charge is 2.35. The molecule has 0 aromatic heterocycles. The molecule has 1 heterocycles. The number of hydrogen-bond donors (Lipinski definition) is 1. The van der Waals surface area contributed by atoms with Crippen LogP contribution < -0.4 is 10.2 Å². The van der Waals surface area contributed by atoms with Gasteiger partial charge < -0.3 is 15.0 Å². The Balaban J connectivity index is 2.03. The van der Waals surface area contributed by atoms with Crippen molar-refractivity contribution in [3.63, 3.8) is 0 Å². The number of anilines is 1. The zero-order chi connectivity index (χ0) is 15.4. The van der Waals surface area contributed by atoms with Gasteiger partial charge in [0.05, 0.1) is 12.5 Å². The number of amides is 2. The SMILES string of the molecule is COCC(C)NC(=O)C1CC(=O)N(c2ccccc2C)C1. The van der Waals surface area contributed by atoms with Crippen molar-refractivity contribution in [1.29, 1.82) is 0 Å². The number of ether oxygens (including phenoxy) is 1. The van der Waals surface area contributed by atoms with Crippen LogP contribution in [0.15, 0.2) is 24.3 Å². The van der Waals surface area contributed by atoms with Crippen molar-refractivity contribution in [3.05, 3.63) is 29.8 Å². The Morgan fingerprint density at radius 2 is 2.19 bits per heavy atom. The standard InChI is InChI=1S/C16H22N2O3/c1-11-6-4-5-7-14(11)18-9-13(8-15(18)19)16(20)17-12(2)10-21-3/h4-7,12-13H,8-10H2,1-3H3,(H,17,20). The molecule has 5 nitrogen and oxygen atoms in total. The van der Waals surface area contributed by atoms with E-state index in [0.717, 1.165) is 11.3 Å². The maximum Gasteiger partial charge on any atom is 0.227 e. The molecular formula is C16H22N2O3. The van der Waals surface area contributed by atoms with Crippen molar-refractivity contribution in [2.75, 3.05) is 25.2 Å². The zero-order valence-corrected chi connectivity index (χ0v) is 12.8. The summed E-state index contributed by atoms with van der Waals surface area (Å²) < 4.78 is 5.00. The molecule has 5 heteroatoms. The molecule has 1 fully saturated rings. The highest BCUT2D eigenvalue weighted by atomic mass is 16.5. The minimum Gasteiger partial charge on any atom is -0.383 e. The number of aryl methyl sites for hydroxylation is 1. The number of hydrogen-bond acceptors (Lipinski definition) is 3. The minimum atomic E-state index is -0.295. The molecule has 0 spiro atoms. The number of nitrogens with zero attached hydrogens (tertiary/aromatic N) is 1. The lowest BCUT2D eigenvalue weighted by molar-refractivity contribution is -0.127. The molecule has 1 aromatic rings. The Hall–Kier alpha value is -1.88. The van der Waals surface area contributed by atoms with Crippen LogP contribution in [0.4, 0.5) is 5.69 Å². The van der Waals surface area contributed by atoms with Crippen LogP contribution in [0, 0.1) is 12.8 Å². The second-order valence-corrected chi connectivity index (χ2v) is 5.56. The van der Waals surface area contributed by atoms with Gasteiger partial charge in [0, 0.05) is 31.8 Å². The minimum absolute atomic E-state index is 0.00356. The quantitative estimate of drug-likeness (QED) is 0.894. The molecule has 2 atom stereocenters. The predicted molar refractivity (Wildman–Crippen MR) is 81.1 cm³/mol. The number of para-hydroxylation sites is 1. The Morgan fingerprint density at radius 1 is 1.48 bits per heavy atom. The van der Waals surface area contributed by atoms with Crippen molar-refractivity contribution in [3.8, 4) is 0 Å². The van der Waals surface area contributed by atoms with Gasteiger partial charge in [0.1, 0.15) is 0 Å². The summed E-state index contributed by atoms with van der Waals surface area (Å²) in [5, 5.41) is 2.89. The zero-order valence-electron chi connectivity index (χ0n) is 12.8. The van der Waals surface area contributed by atoms with Crippen LogP contribution in [0.3, 0.4) is 0 Å². The third-order valence-corrected chi connectivity index (χ3v) is 3.71. The fraction of sp³-hybridized carbons (Fsp3) is 0.500. The van der Waals surface area contributed by atoms with Crippen LogP contribution in [0.1, 0.15) is 18.9 Å². The van der Waals surface area contributed by atoms with Gasteiger partial charge in [-0.2, -0.15) is 0 Å². The number of carbonyl (C=O) groups is 2. The van der Waals surface area contributed by atoms with Gasteiger partial charge in [-0.15, -0.1) is 0 Å². The third kappa shape index (κ3) is 3.61. The molecule has 21 heavy (non-hydrogen) atoms. The second kappa shape index (κ2) is 6.72. The van der Waals surface area contributed by atoms with E-state index in [2.05, 4.69) is 5.32 Å². The topological polar surface area (TPSA) is 58.6 Å². The Labute approximate surface area is 125 Å². The summed E-state index contributed by atoms with van der Waals surface area (Å²) in [6.07, 6.45) is 0.264. The van der Waals surface area contributed by atoms with E-state index in [4.69, 9.17) is 4.74 Å². The van der Waals surface area contributed by atoms with Crippen molar-refractivity contribution in [1.82, 2.24) is 5.32 Å². The fourth-order valence-electron chi connectivity index (χ4n) is 2.63. The highest BCUT2D eigenvalue weighted by Crippen LogP contribution is 2.27. The lowest BCUT2D eigenvalue weighted by atomic mass is 10.1. The first-order valence-corrected chi connectivity index (χ1v) is 7.18. The maximum atomic E-state index is 12.2. The van der Waals surface area contributed by atoms with Crippen molar-refractivity contribution < 1.29 is 14.3 Å². The van der Waals surface area contributed by atoms with E-state index in [-0.39, 0.29) is 30.2 Å². The van der Waals surface area contributed by atoms with Gasteiger partial charge in [-0.25, -0.2) is 0 Å². The van der Waals surface area contributed by atoms with Crippen LogP contribution in [-0.4, -0.2) is 38.1 Å². The molecule has 0 radical (unpaired) electrons. The number of nitrogens with one attached hydrogen (secondary N) is 1. The van der Waals surface area contributed by atoms with E-state index < -0.39 is 0 Å². The lowest BCUT2D eigenvalue weighted by Crippen LogP contribution is -2.40. The Morgan fingerprint density at radius 3 is 2.86 bits per heavy atom. The number of rotatable bonds is 5. The van der Waals surface area contributed by atoms with Gasteiger partial charge >= 0.3 is 0 Å². The van der Waals surface area contributed by atoms with Crippen LogP contribution >= 0.6 is 0 Å². The number of methoxy groups -OCH3 is 1. The number of carbonyl (C=O) groups excluding carboxylic acids is 2. The Bertz CT molecular complexity index is 530. The lowest BCUT2D eigenvalue weighted by Gasteiger charge is -2.19. The highest BCUT2D eigenvalue weighted by molar-refractivity contribution is 6.00. The summed E-state index contributed by atoms with van der Waals surface area (Å²) in [4.78, 5) is 26.1. The third-order valence-electron chi connectivity index (χ3n) is 3.71. The fourth-order valence-corrected chi connectivity index (χ4v) is 2.63. The van der Waals surface area contributed by atoms with E-state index in [1.54, 1.807) is 12.0 Å². The molecule has 2 unspecified atom stereocenters. The molecule has 1 aliphatic rings. The molecule has 2 rings (SSSR count). The maximum absolute atomic E-state index is 12.2. The normalized spacial score (nSPS) is 19.7. The van der Waals surface area contributed by atoms with E-state index in [0.29, 0.717) is 13.2 Å². The van der Waals surface area contributed by atoms with Gasteiger partial charge in [-0.1, -0.05) is 18.2 Å². The molecule has 2 amide bonds. The first kappa shape index (κ1) is 15.5. The van der Waals surface area contributed by atoms with Crippen LogP contribution in [-0.2, 0) is 14.3 Å². The van der Waals surface area contributed by atoms with E-state index >= 15 is 0 Å². The van der Waals surface area contributed by atoms with Crippen molar-refractivity contribution in [2.45, 2.75) is 26.3 Å². The molecule has 1 saturated heterocycles. The summed E-state index contributed by atoms with van der Waals surface area (Å²) >= 11 is 0. The van der Waals surface area contributed by atoms with Gasteiger partial charge in [-0.3, -0.25) is 9.59 Å². The summed E-state index contributed by atoms with van der Waals surface area (Å²) in [6.45, 7) is 4.76. The van der Waals surface area contributed by atoms with E-state index in [9.17, 15) is 9.59 Å². The molecule has 0 aliphatic carbocycles. The summed E-state index contributed by atoms with van der Waals surface area (Å²) in [6, 6.07) is 7.68. The van der Waals surface area contributed by atoms with Crippen LogP contribution in [0.5, 0.6) is 0 Å². The molecule has 114 valence electrons. The van der Waals surface area contributed by atoms with Gasteiger partial charge in [0.2, 0.25) is 11.8 Å². The summed E-state index contributed by atoms with van der Waals surface area (Å²) in [5.74, 6) is -0.371. The van der Waals surface area contributed by atoms with E-state index in [1.165, 1.54) is 0 Å². The van der Waals surface area contributed by atoms with Gasteiger partial charge in [0.15, 0.2) is 0 Å². The van der Waals surface area contributed by atoms with Crippen LogP contribution in [0.2, 0.25) is 0 Å². The molecular weight excluding hydrogens is 268 g/mol. The largest absolute Gasteiger partial charge is 0.383 e. The molecule has 0 saturated carbocycles. The summed E-state index contributed by atoms with van der Waals surface area (Å²) in [5.41, 5.74) is 1.93. The monoisotopic (exact) mass is 290 g/mol. The average Bonchev–Trinajstić information content (AvgIpc) is 2.81. The molecule has 1 aromatic carbocycles. The van der Waals surface area contributed by atoms with Crippen molar-refractivity contribution >= 4 is 17.5 Å². The Kier molecular flexibility index (Phi) is 4.96. The van der Waals surface area contributed by atoms with Gasteiger partial charge in [0.25, 0.3) is 0 Å². The smallest absolute Gasteiger partial charge is 0.227 e. The second-order valence-electron chi connectivity index (χ2n) is 5.56. The van der Waals surface area contributed by atoms with Crippen molar-refractivity contribution in [2.24, 2.45) is 5.92 Å². The predicted octanol–water partition coefficient (Wildman–Crippen LogP) is 1.50. The molecule has 1 N–H and O–H groups in total. The first-order valence-electron chi connectivity index (χ1n) is 7.18. The van der Waals surface area contributed by atoms with Gasteiger partial charge in [-0.05, 0) is 25.5 Å². The molecule has 1 aliphatic heterocycles.